The van der Waals surface area contributed by atoms with Crippen LogP contribution in [0.1, 0.15) is 47.1 Å². The molecule has 6 nitrogen and oxygen atoms in total. The first-order valence-corrected chi connectivity index (χ1v) is 7.74. The smallest absolute Gasteiger partial charge is 0.292 e. The van der Waals surface area contributed by atoms with E-state index in [0.717, 1.165) is 54.0 Å². The Labute approximate surface area is 134 Å². The van der Waals surface area contributed by atoms with Crippen LogP contribution in [-0.4, -0.2) is 28.9 Å². The summed E-state index contributed by atoms with van der Waals surface area (Å²) in [6.45, 7) is 1.85. The minimum absolute atomic E-state index is 0.266. The first-order valence-electron chi connectivity index (χ1n) is 7.74. The number of ether oxygens (including phenoxy) is 1. The summed E-state index contributed by atoms with van der Waals surface area (Å²) < 4.78 is 5.13. The molecule has 1 aromatic heterocycles. The highest BCUT2D eigenvalue weighted by Crippen LogP contribution is 2.22. The van der Waals surface area contributed by atoms with Gasteiger partial charge in [-0.2, -0.15) is 10.2 Å². The van der Waals surface area contributed by atoms with Gasteiger partial charge in [-0.1, -0.05) is 0 Å². The molecule has 0 atom stereocenters. The van der Waals surface area contributed by atoms with E-state index in [9.17, 15) is 4.79 Å². The normalized spacial score (nSPS) is 14.3. The Morgan fingerprint density at radius 1 is 1.26 bits per heavy atom. The van der Waals surface area contributed by atoms with Crippen LogP contribution < -0.4 is 10.2 Å². The minimum Gasteiger partial charge on any atom is -0.497 e. The molecular weight excluding hydrogens is 292 g/mol. The number of hydrogen-bond donors (Lipinski definition) is 2. The number of aromatic nitrogens is 2. The lowest BCUT2D eigenvalue weighted by atomic mass is 9.96. The maximum Gasteiger partial charge on any atom is 0.292 e. The summed E-state index contributed by atoms with van der Waals surface area (Å²) in [5.41, 5.74) is 6.83. The second kappa shape index (κ2) is 6.64. The van der Waals surface area contributed by atoms with E-state index in [-0.39, 0.29) is 5.91 Å². The summed E-state index contributed by atoms with van der Waals surface area (Å²) in [6.07, 6.45) is 4.10. The number of nitrogens with one attached hydrogen (secondary N) is 2. The van der Waals surface area contributed by atoms with Crippen LogP contribution in [0.2, 0.25) is 0 Å². The summed E-state index contributed by atoms with van der Waals surface area (Å²) in [5, 5.41) is 11.3. The van der Waals surface area contributed by atoms with Crippen molar-refractivity contribution in [2.24, 2.45) is 5.10 Å². The number of aryl methyl sites for hydroxylation is 1. The van der Waals surface area contributed by atoms with Gasteiger partial charge in [0.05, 0.1) is 12.8 Å². The Morgan fingerprint density at radius 3 is 2.74 bits per heavy atom. The predicted molar refractivity (Wildman–Crippen MR) is 87.9 cm³/mol. The highest BCUT2D eigenvalue weighted by atomic mass is 16.5. The zero-order valence-corrected chi connectivity index (χ0v) is 13.3. The summed E-state index contributed by atoms with van der Waals surface area (Å²) in [5.74, 6) is 0.519. The molecule has 1 aliphatic rings. The van der Waals surface area contributed by atoms with Crippen molar-refractivity contribution in [1.82, 2.24) is 15.6 Å². The minimum atomic E-state index is -0.266. The topological polar surface area (TPSA) is 79.4 Å². The number of carbonyl (C=O) groups is 1. The van der Waals surface area contributed by atoms with Gasteiger partial charge in [0.25, 0.3) is 5.91 Å². The number of H-pyrrole nitrogens is 1. The van der Waals surface area contributed by atoms with E-state index in [1.807, 2.05) is 31.2 Å². The molecule has 2 N–H and O–H groups in total. The molecule has 0 radical (unpaired) electrons. The summed E-state index contributed by atoms with van der Waals surface area (Å²) in [4.78, 5) is 12.3. The van der Waals surface area contributed by atoms with Crippen molar-refractivity contribution < 1.29 is 9.53 Å². The average Bonchev–Trinajstić information content (AvgIpc) is 3.03. The van der Waals surface area contributed by atoms with Crippen molar-refractivity contribution in [3.8, 4) is 5.75 Å². The number of fused-ring (bicyclic) bond motifs is 1. The van der Waals surface area contributed by atoms with Crippen LogP contribution in [0.15, 0.2) is 29.4 Å². The Balaban J connectivity index is 1.71. The van der Waals surface area contributed by atoms with Gasteiger partial charge in [0.2, 0.25) is 0 Å². The second-order valence-electron chi connectivity index (χ2n) is 5.60. The molecule has 0 saturated heterocycles. The molecule has 3 rings (SSSR count). The maximum atomic E-state index is 12.3. The van der Waals surface area contributed by atoms with Gasteiger partial charge < -0.3 is 4.74 Å². The number of rotatable bonds is 4. The molecule has 0 bridgehead atoms. The standard InChI is InChI=1S/C17H20N4O2/c1-11(12-7-9-13(23-2)10-8-12)18-21-17(22)16-14-5-3-4-6-15(14)19-20-16/h7-10H,3-6H2,1-2H3,(H,19,20)(H,21,22)/b18-11+. The van der Waals surface area contributed by atoms with E-state index in [0.29, 0.717) is 5.69 Å². The van der Waals surface area contributed by atoms with Gasteiger partial charge in [-0.25, -0.2) is 5.43 Å². The van der Waals surface area contributed by atoms with E-state index in [4.69, 9.17) is 4.74 Å². The van der Waals surface area contributed by atoms with Gasteiger partial charge in [-0.3, -0.25) is 9.89 Å². The molecular formula is C17H20N4O2. The molecule has 0 spiro atoms. The molecule has 23 heavy (non-hydrogen) atoms. The summed E-state index contributed by atoms with van der Waals surface area (Å²) in [7, 11) is 1.63. The first kappa shape index (κ1) is 15.3. The third-order valence-electron chi connectivity index (χ3n) is 4.10. The van der Waals surface area contributed by atoms with Crippen molar-refractivity contribution in [2.75, 3.05) is 7.11 Å². The summed E-state index contributed by atoms with van der Waals surface area (Å²) in [6, 6.07) is 7.53. The highest BCUT2D eigenvalue weighted by molar-refractivity contribution is 6.00. The van der Waals surface area contributed by atoms with E-state index < -0.39 is 0 Å². The van der Waals surface area contributed by atoms with Crippen molar-refractivity contribution >= 4 is 11.6 Å². The molecule has 1 heterocycles. The van der Waals surface area contributed by atoms with Crippen molar-refractivity contribution in [3.63, 3.8) is 0 Å². The molecule has 1 aromatic carbocycles. The monoisotopic (exact) mass is 312 g/mol. The fraction of sp³-hybridized carbons (Fsp3) is 0.353. The Morgan fingerprint density at radius 2 is 2.00 bits per heavy atom. The van der Waals surface area contributed by atoms with Crippen LogP contribution in [0.4, 0.5) is 0 Å². The number of carbonyl (C=O) groups excluding carboxylic acids is 1. The predicted octanol–water partition coefficient (Wildman–Crippen LogP) is 2.45. The third kappa shape index (κ3) is 3.26. The van der Waals surface area contributed by atoms with Crippen LogP contribution >= 0.6 is 0 Å². The Bertz CT molecular complexity index is 732. The zero-order valence-electron chi connectivity index (χ0n) is 13.3. The zero-order chi connectivity index (χ0) is 16.2. The number of hydrazone groups is 1. The fourth-order valence-corrected chi connectivity index (χ4v) is 2.75. The average molecular weight is 312 g/mol. The lowest BCUT2D eigenvalue weighted by Crippen LogP contribution is -2.21. The van der Waals surface area contributed by atoms with Gasteiger partial charge in [-0.05, 0) is 62.4 Å². The highest BCUT2D eigenvalue weighted by Gasteiger charge is 2.21. The lowest BCUT2D eigenvalue weighted by Gasteiger charge is -2.10. The van der Waals surface area contributed by atoms with E-state index >= 15 is 0 Å². The van der Waals surface area contributed by atoms with Crippen LogP contribution in [-0.2, 0) is 12.8 Å². The molecule has 6 heteroatoms. The molecule has 120 valence electrons. The number of amides is 1. The van der Waals surface area contributed by atoms with Crippen LogP contribution in [0.25, 0.3) is 0 Å². The molecule has 0 unspecified atom stereocenters. The van der Waals surface area contributed by atoms with Crippen LogP contribution in [0.3, 0.4) is 0 Å². The van der Waals surface area contributed by atoms with E-state index in [1.54, 1.807) is 7.11 Å². The number of hydrogen-bond acceptors (Lipinski definition) is 4. The second-order valence-corrected chi connectivity index (χ2v) is 5.60. The number of benzene rings is 1. The van der Waals surface area contributed by atoms with Gasteiger partial charge in [0.15, 0.2) is 5.69 Å². The summed E-state index contributed by atoms with van der Waals surface area (Å²) >= 11 is 0. The largest absolute Gasteiger partial charge is 0.497 e. The number of aromatic amines is 1. The number of nitrogens with zero attached hydrogens (tertiary/aromatic N) is 2. The van der Waals surface area contributed by atoms with Crippen molar-refractivity contribution in [1.29, 1.82) is 0 Å². The Kier molecular flexibility index (Phi) is 4.41. The number of methoxy groups -OCH3 is 1. The van der Waals surface area contributed by atoms with Crippen LogP contribution in [0, 0.1) is 0 Å². The maximum absolute atomic E-state index is 12.3. The van der Waals surface area contributed by atoms with Crippen molar-refractivity contribution in [3.05, 3.63) is 46.8 Å². The molecule has 0 aliphatic heterocycles. The van der Waals surface area contributed by atoms with Gasteiger partial charge in [-0.15, -0.1) is 0 Å². The third-order valence-corrected chi connectivity index (χ3v) is 4.10. The van der Waals surface area contributed by atoms with Crippen LogP contribution in [0.5, 0.6) is 5.75 Å². The molecule has 2 aromatic rings. The van der Waals surface area contributed by atoms with Crippen molar-refractivity contribution in [2.45, 2.75) is 32.6 Å². The van der Waals surface area contributed by atoms with E-state index in [2.05, 4.69) is 20.7 Å². The molecule has 1 amide bonds. The van der Waals surface area contributed by atoms with Gasteiger partial charge >= 0.3 is 0 Å². The quantitative estimate of drug-likeness (QED) is 0.672. The molecule has 1 aliphatic carbocycles. The Hall–Kier alpha value is -2.63. The lowest BCUT2D eigenvalue weighted by molar-refractivity contribution is 0.0949. The van der Waals surface area contributed by atoms with Gasteiger partial charge in [0.1, 0.15) is 5.75 Å². The molecule has 0 saturated carbocycles. The van der Waals surface area contributed by atoms with Gasteiger partial charge in [0, 0.05) is 11.3 Å². The van der Waals surface area contributed by atoms with E-state index in [1.165, 1.54) is 0 Å². The molecule has 0 fully saturated rings. The SMILES string of the molecule is COc1ccc(/C(C)=N/NC(=O)c2n[nH]c3c2CCCC3)cc1. The fourth-order valence-electron chi connectivity index (χ4n) is 2.75. The first-order chi connectivity index (χ1) is 11.2.